The summed E-state index contributed by atoms with van der Waals surface area (Å²) >= 11 is 0. The van der Waals surface area contributed by atoms with Crippen LogP contribution in [0.2, 0.25) is 0 Å². The summed E-state index contributed by atoms with van der Waals surface area (Å²) < 4.78 is 12.9. The molecule has 3 unspecified atom stereocenters. The molecule has 138 valence electrons. The molecule has 0 radical (unpaired) electrons. The molecule has 0 bridgehead atoms. The number of nitrogens with zero attached hydrogens (tertiary/aromatic N) is 2. The molecule has 25 heavy (non-hydrogen) atoms. The van der Waals surface area contributed by atoms with Crippen molar-refractivity contribution in [1.29, 1.82) is 0 Å². The summed E-state index contributed by atoms with van der Waals surface area (Å²) in [4.78, 5) is 28.5. The van der Waals surface area contributed by atoms with Crippen LogP contribution < -0.4 is 11.4 Å². The number of aliphatic hydroxyl groups excluding tert-OH is 1. The standard InChI is InChI=1S/C17H25N3O5/c1-17(25-14(22)11-5-3-2-4-6-11)9-12(10-21)24-15(17)20-8-7-13(18)19-16(20)23/h7-8,11-12,15,21H,2-6,9-10H2,1H3,(H2,18,19,23). The lowest BCUT2D eigenvalue weighted by molar-refractivity contribution is -0.176. The van der Waals surface area contributed by atoms with E-state index in [0.29, 0.717) is 6.42 Å². The molecule has 2 heterocycles. The van der Waals surface area contributed by atoms with Crippen molar-refractivity contribution in [2.75, 3.05) is 12.3 Å². The minimum absolute atomic E-state index is 0.110. The molecule has 3 rings (SSSR count). The van der Waals surface area contributed by atoms with E-state index in [4.69, 9.17) is 15.2 Å². The van der Waals surface area contributed by atoms with E-state index in [-0.39, 0.29) is 24.3 Å². The third-order valence-corrected chi connectivity index (χ3v) is 5.06. The van der Waals surface area contributed by atoms with Crippen molar-refractivity contribution in [3.63, 3.8) is 0 Å². The maximum absolute atomic E-state index is 12.6. The average Bonchev–Trinajstić information content (AvgIpc) is 2.92. The summed E-state index contributed by atoms with van der Waals surface area (Å²) in [6, 6.07) is 1.49. The van der Waals surface area contributed by atoms with Gasteiger partial charge in [-0.1, -0.05) is 19.3 Å². The molecule has 1 aliphatic heterocycles. The number of rotatable bonds is 4. The second-order valence-electron chi connectivity index (χ2n) is 7.11. The van der Waals surface area contributed by atoms with Crippen LogP contribution in [0.5, 0.6) is 0 Å². The molecule has 8 nitrogen and oxygen atoms in total. The number of nitrogens with two attached hydrogens (primary N) is 1. The zero-order valence-electron chi connectivity index (χ0n) is 14.4. The average molecular weight is 351 g/mol. The summed E-state index contributed by atoms with van der Waals surface area (Å²) in [5.74, 6) is -0.259. The van der Waals surface area contributed by atoms with E-state index in [1.165, 1.54) is 16.8 Å². The maximum atomic E-state index is 12.6. The minimum atomic E-state index is -1.05. The highest BCUT2D eigenvalue weighted by atomic mass is 16.6. The van der Waals surface area contributed by atoms with Gasteiger partial charge < -0.3 is 20.3 Å². The molecule has 3 N–H and O–H groups in total. The van der Waals surface area contributed by atoms with E-state index < -0.39 is 23.6 Å². The normalized spacial score (nSPS) is 30.3. The van der Waals surface area contributed by atoms with Crippen molar-refractivity contribution < 1.29 is 19.4 Å². The van der Waals surface area contributed by atoms with Gasteiger partial charge in [-0.3, -0.25) is 9.36 Å². The molecule has 1 saturated heterocycles. The summed E-state index contributed by atoms with van der Waals surface area (Å²) in [5.41, 5.74) is 3.90. The number of carbonyl (C=O) groups excluding carboxylic acids is 1. The topological polar surface area (TPSA) is 117 Å². The Kier molecular flexibility index (Phi) is 5.10. The van der Waals surface area contributed by atoms with Crippen LogP contribution in [0.3, 0.4) is 0 Å². The van der Waals surface area contributed by atoms with Gasteiger partial charge in [-0.05, 0) is 25.8 Å². The van der Waals surface area contributed by atoms with Crippen LogP contribution >= 0.6 is 0 Å². The summed E-state index contributed by atoms with van der Waals surface area (Å²) in [6.07, 6.45) is 5.27. The fourth-order valence-corrected chi connectivity index (χ4v) is 3.74. The predicted octanol–water partition coefficient (Wildman–Crippen LogP) is 0.988. The van der Waals surface area contributed by atoms with Gasteiger partial charge in [-0.25, -0.2) is 4.79 Å². The van der Waals surface area contributed by atoms with Crippen molar-refractivity contribution in [2.45, 2.75) is 63.4 Å². The SMILES string of the molecule is CC1(OC(=O)C2CCCCC2)CC(CO)OC1n1ccc(N)nc1=O. The van der Waals surface area contributed by atoms with E-state index >= 15 is 0 Å². The van der Waals surface area contributed by atoms with Gasteiger partial charge in [-0.2, -0.15) is 4.98 Å². The Labute approximate surface area is 145 Å². The first kappa shape index (κ1) is 17.9. The zero-order chi connectivity index (χ0) is 18.0. The molecule has 1 aliphatic carbocycles. The van der Waals surface area contributed by atoms with Crippen molar-refractivity contribution in [3.8, 4) is 0 Å². The molecule has 1 saturated carbocycles. The van der Waals surface area contributed by atoms with E-state index in [0.717, 1.165) is 32.1 Å². The minimum Gasteiger partial charge on any atom is -0.454 e. The van der Waals surface area contributed by atoms with Crippen LogP contribution in [0.4, 0.5) is 5.82 Å². The summed E-state index contributed by atoms with van der Waals surface area (Å²) in [7, 11) is 0. The number of ether oxygens (including phenoxy) is 2. The molecule has 1 aromatic heterocycles. The van der Waals surface area contributed by atoms with Crippen LogP contribution in [0.15, 0.2) is 17.1 Å². The Balaban J connectivity index is 1.84. The summed E-state index contributed by atoms with van der Waals surface area (Å²) in [6.45, 7) is 1.51. The molecule has 2 aliphatic rings. The van der Waals surface area contributed by atoms with Crippen molar-refractivity contribution in [1.82, 2.24) is 9.55 Å². The first-order chi connectivity index (χ1) is 11.9. The second kappa shape index (κ2) is 7.13. The highest BCUT2D eigenvalue weighted by molar-refractivity contribution is 5.73. The predicted molar refractivity (Wildman–Crippen MR) is 89.6 cm³/mol. The van der Waals surface area contributed by atoms with E-state index in [1.54, 1.807) is 6.92 Å². The Morgan fingerprint density at radius 2 is 2.20 bits per heavy atom. The fourth-order valence-electron chi connectivity index (χ4n) is 3.74. The van der Waals surface area contributed by atoms with Gasteiger partial charge in [0.1, 0.15) is 5.82 Å². The molecule has 3 atom stereocenters. The van der Waals surface area contributed by atoms with Crippen molar-refractivity contribution in [2.24, 2.45) is 5.92 Å². The number of carbonyl (C=O) groups is 1. The number of esters is 1. The number of nitrogen functional groups attached to an aromatic ring is 1. The molecule has 0 spiro atoms. The third kappa shape index (κ3) is 3.69. The Hall–Kier alpha value is -1.93. The number of anilines is 1. The highest BCUT2D eigenvalue weighted by Crippen LogP contribution is 2.41. The zero-order valence-corrected chi connectivity index (χ0v) is 14.4. The fraction of sp³-hybridized carbons (Fsp3) is 0.706. The van der Waals surface area contributed by atoms with Gasteiger partial charge in [0.05, 0.1) is 18.6 Å². The molecule has 0 amide bonds. The largest absolute Gasteiger partial charge is 0.454 e. The quantitative estimate of drug-likeness (QED) is 0.777. The molecule has 1 aromatic rings. The second-order valence-corrected chi connectivity index (χ2v) is 7.11. The molecular formula is C17H25N3O5. The smallest absolute Gasteiger partial charge is 0.351 e. The van der Waals surface area contributed by atoms with Gasteiger partial charge in [0.25, 0.3) is 0 Å². The first-order valence-corrected chi connectivity index (χ1v) is 8.77. The lowest BCUT2D eigenvalue weighted by Crippen LogP contribution is -2.43. The van der Waals surface area contributed by atoms with Gasteiger partial charge in [0.15, 0.2) is 11.8 Å². The van der Waals surface area contributed by atoms with Crippen LogP contribution in [0, 0.1) is 5.92 Å². The van der Waals surface area contributed by atoms with Gasteiger partial charge in [0.2, 0.25) is 0 Å². The molecule has 8 heteroatoms. The summed E-state index contributed by atoms with van der Waals surface area (Å²) in [5, 5.41) is 9.47. The Bertz CT molecular complexity index is 685. The van der Waals surface area contributed by atoms with Crippen LogP contribution in [-0.4, -0.2) is 38.9 Å². The lowest BCUT2D eigenvalue weighted by Gasteiger charge is -2.32. The van der Waals surface area contributed by atoms with E-state index in [9.17, 15) is 14.7 Å². The number of aromatic nitrogens is 2. The van der Waals surface area contributed by atoms with Crippen LogP contribution in [-0.2, 0) is 14.3 Å². The van der Waals surface area contributed by atoms with E-state index in [2.05, 4.69) is 4.98 Å². The number of aliphatic hydroxyl groups is 1. The Morgan fingerprint density at radius 3 is 2.84 bits per heavy atom. The molecule has 2 fully saturated rings. The van der Waals surface area contributed by atoms with Crippen LogP contribution in [0.25, 0.3) is 0 Å². The van der Waals surface area contributed by atoms with Crippen molar-refractivity contribution >= 4 is 11.8 Å². The van der Waals surface area contributed by atoms with E-state index in [1.807, 2.05) is 0 Å². The molecular weight excluding hydrogens is 326 g/mol. The monoisotopic (exact) mass is 351 g/mol. The third-order valence-electron chi connectivity index (χ3n) is 5.06. The van der Waals surface area contributed by atoms with Gasteiger partial charge in [-0.15, -0.1) is 0 Å². The molecule has 0 aromatic carbocycles. The maximum Gasteiger partial charge on any atom is 0.351 e. The lowest BCUT2D eigenvalue weighted by atomic mass is 9.89. The van der Waals surface area contributed by atoms with Crippen LogP contribution in [0.1, 0.15) is 51.7 Å². The van der Waals surface area contributed by atoms with Gasteiger partial charge >= 0.3 is 11.7 Å². The highest BCUT2D eigenvalue weighted by Gasteiger charge is 2.50. The van der Waals surface area contributed by atoms with Crippen molar-refractivity contribution in [3.05, 3.63) is 22.7 Å². The van der Waals surface area contributed by atoms with Gasteiger partial charge in [0, 0.05) is 12.6 Å². The first-order valence-electron chi connectivity index (χ1n) is 8.77. The number of hydrogen-bond acceptors (Lipinski definition) is 7. The number of hydrogen-bond donors (Lipinski definition) is 2. The Morgan fingerprint density at radius 1 is 1.48 bits per heavy atom.